The van der Waals surface area contributed by atoms with Crippen molar-refractivity contribution >= 4 is 10.0 Å². The van der Waals surface area contributed by atoms with Gasteiger partial charge < -0.3 is 10.1 Å². The molecule has 0 aromatic carbocycles. The first kappa shape index (κ1) is 13.9. The van der Waals surface area contributed by atoms with Crippen molar-refractivity contribution in [2.75, 3.05) is 19.4 Å². The Bertz CT molecular complexity index is 305. The van der Waals surface area contributed by atoms with Gasteiger partial charge in [-0.2, -0.15) is 0 Å². The molecule has 0 spiro atoms. The zero-order chi connectivity index (χ0) is 12.2. The average molecular weight is 250 g/mol. The number of piperidine rings is 1. The summed E-state index contributed by atoms with van der Waals surface area (Å²) in [6, 6.07) is 0.198. The summed E-state index contributed by atoms with van der Waals surface area (Å²) in [7, 11) is -1.72. The molecular weight excluding hydrogens is 228 g/mol. The Morgan fingerprint density at radius 2 is 2.25 bits per heavy atom. The summed E-state index contributed by atoms with van der Waals surface area (Å²) in [5, 5.41) is 3.26. The van der Waals surface area contributed by atoms with Gasteiger partial charge in [-0.1, -0.05) is 0 Å². The lowest BCUT2D eigenvalue weighted by molar-refractivity contribution is 0.136. The number of methoxy groups -OCH3 is 1. The van der Waals surface area contributed by atoms with Crippen LogP contribution in [0.15, 0.2) is 0 Å². The third kappa shape index (κ3) is 4.37. The Morgan fingerprint density at radius 1 is 1.56 bits per heavy atom. The van der Waals surface area contributed by atoms with Crippen LogP contribution in [0.5, 0.6) is 0 Å². The van der Waals surface area contributed by atoms with Gasteiger partial charge in [-0.3, -0.25) is 0 Å². The Morgan fingerprint density at radius 3 is 2.81 bits per heavy atom. The Balaban J connectivity index is 2.51. The van der Waals surface area contributed by atoms with Crippen LogP contribution in [0, 0.1) is 0 Å². The number of hydrogen-bond acceptors (Lipinski definition) is 4. The smallest absolute Gasteiger partial charge is 0.214 e. The molecule has 6 heteroatoms. The minimum absolute atomic E-state index is 0.00260. The van der Waals surface area contributed by atoms with Crippen LogP contribution in [-0.2, 0) is 14.8 Å². The molecule has 0 bridgehead atoms. The van der Waals surface area contributed by atoms with Crippen LogP contribution < -0.4 is 10.0 Å². The average Bonchev–Trinajstić information content (AvgIpc) is 2.20. The molecule has 1 aliphatic heterocycles. The van der Waals surface area contributed by atoms with Gasteiger partial charge in [0.05, 0.1) is 11.9 Å². The van der Waals surface area contributed by atoms with Gasteiger partial charge in [-0.15, -0.1) is 0 Å². The van der Waals surface area contributed by atoms with Crippen molar-refractivity contribution in [1.82, 2.24) is 10.0 Å². The monoisotopic (exact) mass is 250 g/mol. The highest BCUT2D eigenvalue weighted by Crippen LogP contribution is 2.10. The Hall–Kier alpha value is -0.170. The van der Waals surface area contributed by atoms with Crippen molar-refractivity contribution in [3.63, 3.8) is 0 Å². The first-order chi connectivity index (χ1) is 7.44. The molecule has 0 amide bonds. The molecule has 0 radical (unpaired) electrons. The third-order valence-corrected chi connectivity index (χ3v) is 4.52. The van der Waals surface area contributed by atoms with Gasteiger partial charge in [-0.25, -0.2) is 13.1 Å². The second-order valence-corrected chi connectivity index (χ2v) is 6.24. The minimum Gasteiger partial charge on any atom is -0.381 e. The molecule has 1 saturated heterocycles. The van der Waals surface area contributed by atoms with E-state index in [1.807, 2.05) is 6.92 Å². The summed E-state index contributed by atoms with van der Waals surface area (Å²) >= 11 is 0. The highest BCUT2D eigenvalue weighted by molar-refractivity contribution is 7.89. The topological polar surface area (TPSA) is 67.4 Å². The van der Waals surface area contributed by atoms with Crippen LogP contribution in [0.2, 0.25) is 0 Å². The molecule has 96 valence electrons. The second-order valence-electron chi connectivity index (χ2n) is 4.44. The van der Waals surface area contributed by atoms with E-state index in [4.69, 9.17) is 4.74 Å². The van der Waals surface area contributed by atoms with E-state index in [0.29, 0.717) is 0 Å². The predicted octanol–water partition coefficient (Wildman–Crippen LogP) is 0.0812. The Kier molecular flexibility index (Phi) is 5.17. The highest BCUT2D eigenvalue weighted by Gasteiger charge is 2.26. The summed E-state index contributed by atoms with van der Waals surface area (Å²) in [4.78, 5) is 0. The molecule has 0 aliphatic carbocycles. The lowest BCUT2D eigenvalue weighted by Gasteiger charge is -2.30. The van der Waals surface area contributed by atoms with E-state index in [9.17, 15) is 8.42 Å². The van der Waals surface area contributed by atoms with Gasteiger partial charge in [0, 0.05) is 19.2 Å². The Labute approximate surface area is 98.0 Å². The maximum absolute atomic E-state index is 11.8. The summed E-state index contributed by atoms with van der Waals surface area (Å²) in [6.07, 6.45) is 1.64. The van der Waals surface area contributed by atoms with Gasteiger partial charge in [0.1, 0.15) is 0 Å². The van der Waals surface area contributed by atoms with Crippen molar-refractivity contribution < 1.29 is 13.2 Å². The van der Waals surface area contributed by atoms with E-state index in [1.165, 1.54) is 7.11 Å². The fourth-order valence-electron chi connectivity index (χ4n) is 1.86. The van der Waals surface area contributed by atoms with Crippen molar-refractivity contribution in [3.05, 3.63) is 0 Å². The van der Waals surface area contributed by atoms with E-state index < -0.39 is 10.0 Å². The number of hydrogen-bond donors (Lipinski definition) is 2. The predicted molar refractivity (Wildman–Crippen MR) is 63.9 cm³/mol. The molecule has 1 fully saturated rings. The number of nitrogens with one attached hydrogen (secondary N) is 2. The minimum atomic E-state index is -3.24. The van der Waals surface area contributed by atoms with Crippen molar-refractivity contribution in [2.24, 2.45) is 0 Å². The molecular formula is C10H22N2O3S. The van der Waals surface area contributed by atoms with Crippen LogP contribution in [0.1, 0.15) is 26.7 Å². The summed E-state index contributed by atoms with van der Waals surface area (Å²) in [5.41, 5.74) is 0. The van der Waals surface area contributed by atoms with Crippen molar-refractivity contribution in [3.8, 4) is 0 Å². The molecule has 3 atom stereocenters. The molecule has 5 nitrogen and oxygen atoms in total. The van der Waals surface area contributed by atoms with Crippen LogP contribution in [0.4, 0.5) is 0 Å². The van der Waals surface area contributed by atoms with E-state index in [1.54, 1.807) is 6.92 Å². The summed E-state index contributed by atoms with van der Waals surface area (Å²) < 4.78 is 31.3. The SMILES string of the molecule is COC(C)CS(=O)(=O)NC1CCCNC1C. The maximum atomic E-state index is 11.8. The quantitative estimate of drug-likeness (QED) is 0.725. The molecule has 2 N–H and O–H groups in total. The normalized spacial score (nSPS) is 28.9. The van der Waals surface area contributed by atoms with Gasteiger partial charge in [0.25, 0.3) is 0 Å². The fourth-order valence-corrected chi connectivity index (χ4v) is 3.49. The van der Waals surface area contributed by atoms with E-state index in [-0.39, 0.29) is 23.9 Å². The molecule has 3 unspecified atom stereocenters. The van der Waals surface area contributed by atoms with E-state index >= 15 is 0 Å². The molecule has 0 aromatic rings. The highest BCUT2D eigenvalue weighted by atomic mass is 32.2. The summed E-state index contributed by atoms with van der Waals surface area (Å²) in [6.45, 7) is 4.72. The first-order valence-electron chi connectivity index (χ1n) is 5.71. The second kappa shape index (κ2) is 5.95. The van der Waals surface area contributed by atoms with Gasteiger partial charge in [0.15, 0.2) is 0 Å². The van der Waals surface area contributed by atoms with Crippen molar-refractivity contribution in [1.29, 1.82) is 0 Å². The van der Waals surface area contributed by atoms with Gasteiger partial charge >= 0.3 is 0 Å². The maximum Gasteiger partial charge on any atom is 0.214 e. The lowest BCUT2D eigenvalue weighted by atomic mass is 10.0. The lowest BCUT2D eigenvalue weighted by Crippen LogP contribution is -2.52. The molecule has 1 rings (SSSR count). The fraction of sp³-hybridized carbons (Fsp3) is 1.00. The first-order valence-corrected chi connectivity index (χ1v) is 7.36. The molecule has 0 saturated carbocycles. The molecule has 16 heavy (non-hydrogen) atoms. The zero-order valence-corrected chi connectivity index (χ0v) is 11.0. The largest absolute Gasteiger partial charge is 0.381 e. The third-order valence-electron chi connectivity index (χ3n) is 2.95. The van der Waals surface area contributed by atoms with Crippen LogP contribution >= 0.6 is 0 Å². The van der Waals surface area contributed by atoms with Crippen LogP contribution in [0.3, 0.4) is 0 Å². The molecule has 0 aromatic heterocycles. The number of ether oxygens (including phenoxy) is 1. The standard InChI is InChI=1S/C10H22N2O3S/c1-8(15-3)7-16(13,14)12-10-5-4-6-11-9(10)2/h8-12H,4-7H2,1-3H3. The van der Waals surface area contributed by atoms with Crippen LogP contribution in [0.25, 0.3) is 0 Å². The van der Waals surface area contributed by atoms with Crippen LogP contribution in [-0.4, -0.2) is 46.0 Å². The number of sulfonamides is 1. The van der Waals surface area contributed by atoms with E-state index in [2.05, 4.69) is 10.0 Å². The molecule has 1 heterocycles. The number of rotatable bonds is 5. The van der Waals surface area contributed by atoms with Gasteiger partial charge in [-0.05, 0) is 33.2 Å². The molecule has 1 aliphatic rings. The van der Waals surface area contributed by atoms with Gasteiger partial charge in [0.2, 0.25) is 10.0 Å². The van der Waals surface area contributed by atoms with Crippen molar-refractivity contribution in [2.45, 2.75) is 44.9 Å². The van der Waals surface area contributed by atoms with E-state index in [0.717, 1.165) is 19.4 Å². The zero-order valence-electron chi connectivity index (χ0n) is 10.2. The summed E-state index contributed by atoms with van der Waals surface area (Å²) in [5.74, 6) is 0.0206.